The summed E-state index contributed by atoms with van der Waals surface area (Å²) >= 11 is 0. The number of aromatic amines is 1. The summed E-state index contributed by atoms with van der Waals surface area (Å²) in [4.78, 5) is 13.6. The van der Waals surface area contributed by atoms with Crippen molar-refractivity contribution in [3.63, 3.8) is 0 Å². The molecule has 1 aromatic heterocycles. The van der Waals surface area contributed by atoms with Crippen LogP contribution in [0.2, 0.25) is 0 Å². The fourth-order valence-electron chi connectivity index (χ4n) is 2.00. The molecule has 0 unspecified atom stereocenters. The number of benzene rings is 1. The van der Waals surface area contributed by atoms with Gasteiger partial charge in [0, 0.05) is 17.6 Å². The van der Waals surface area contributed by atoms with Crippen LogP contribution < -0.4 is 0 Å². The predicted molar refractivity (Wildman–Crippen MR) is 88.9 cm³/mol. The van der Waals surface area contributed by atoms with Crippen LogP contribution in [0, 0.1) is 0 Å². The second kappa shape index (κ2) is 8.56. The Morgan fingerprint density at radius 3 is 2.41 bits per heavy atom. The molecule has 122 valence electrons. The standard InChI is InChI=1S/C12H13NO2.C5H14NO/c14-12(15)7-3-5-10-8-9-4-1-2-6-11(9)13-10;1-6(2,3)4-5-7/h1-2,4,6,8,13H,3,5,7H2,(H,14,15);7H,4-5H2,1-3H3/q;+1. The normalized spacial score (nSPS) is 11.1. The average Bonchev–Trinajstić information content (AvgIpc) is 2.80. The van der Waals surface area contributed by atoms with E-state index in [0.29, 0.717) is 6.42 Å². The van der Waals surface area contributed by atoms with E-state index in [-0.39, 0.29) is 13.0 Å². The number of carbonyl (C=O) groups is 1. The minimum Gasteiger partial charge on any atom is -0.481 e. The number of aryl methyl sites for hydroxylation is 1. The Morgan fingerprint density at radius 1 is 1.23 bits per heavy atom. The molecular weight excluding hydrogens is 280 g/mol. The first kappa shape index (κ1) is 18.2. The Hall–Kier alpha value is -1.85. The van der Waals surface area contributed by atoms with Gasteiger partial charge in [0.05, 0.1) is 27.7 Å². The van der Waals surface area contributed by atoms with Gasteiger partial charge in [0.25, 0.3) is 0 Å². The van der Waals surface area contributed by atoms with Crippen LogP contribution in [-0.4, -0.2) is 59.9 Å². The third kappa shape index (κ3) is 7.24. The third-order valence-corrected chi connectivity index (χ3v) is 3.19. The molecule has 0 radical (unpaired) electrons. The molecule has 0 saturated carbocycles. The number of H-pyrrole nitrogens is 1. The van der Waals surface area contributed by atoms with Gasteiger partial charge >= 0.3 is 5.97 Å². The van der Waals surface area contributed by atoms with Crippen LogP contribution in [0.4, 0.5) is 0 Å². The van der Waals surface area contributed by atoms with Crippen LogP contribution in [0.15, 0.2) is 30.3 Å². The van der Waals surface area contributed by atoms with Gasteiger partial charge in [0.1, 0.15) is 6.54 Å². The zero-order valence-electron chi connectivity index (χ0n) is 13.7. The Balaban J connectivity index is 0.000000295. The molecule has 0 spiro atoms. The number of nitrogens with zero attached hydrogens (tertiary/aromatic N) is 1. The van der Waals surface area contributed by atoms with Gasteiger partial charge in [-0.25, -0.2) is 0 Å². The molecule has 5 heteroatoms. The van der Waals surface area contributed by atoms with Gasteiger partial charge in [0.2, 0.25) is 0 Å². The summed E-state index contributed by atoms with van der Waals surface area (Å²) in [6, 6.07) is 10.1. The first-order valence-corrected chi connectivity index (χ1v) is 7.51. The molecule has 0 amide bonds. The summed E-state index contributed by atoms with van der Waals surface area (Å²) in [6.45, 7) is 1.11. The Morgan fingerprint density at radius 2 is 1.91 bits per heavy atom. The monoisotopic (exact) mass is 307 g/mol. The number of quaternary nitrogens is 1. The number of hydrogen-bond acceptors (Lipinski definition) is 2. The van der Waals surface area contributed by atoms with Crippen molar-refractivity contribution in [2.24, 2.45) is 0 Å². The zero-order valence-corrected chi connectivity index (χ0v) is 13.7. The van der Waals surface area contributed by atoms with Gasteiger partial charge in [-0.15, -0.1) is 0 Å². The number of carboxylic acids is 1. The molecule has 2 rings (SSSR count). The largest absolute Gasteiger partial charge is 0.481 e. The number of para-hydroxylation sites is 1. The average molecular weight is 307 g/mol. The molecular formula is C17H27N2O3+. The number of aliphatic hydroxyl groups excluding tert-OH is 1. The molecule has 3 N–H and O–H groups in total. The van der Waals surface area contributed by atoms with Gasteiger partial charge in [-0.05, 0) is 30.4 Å². The van der Waals surface area contributed by atoms with E-state index in [2.05, 4.69) is 32.2 Å². The highest BCUT2D eigenvalue weighted by molar-refractivity contribution is 5.80. The van der Waals surface area contributed by atoms with E-state index in [4.69, 9.17) is 10.2 Å². The number of rotatable bonds is 6. The zero-order chi connectivity index (χ0) is 16.6. The van der Waals surface area contributed by atoms with Crippen molar-refractivity contribution >= 4 is 16.9 Å². The SMILES string of the molecule is C[N+](C)(C)CCO.O=C(O)CCCc1cc2ccccc2[nH]1. The van der Waals surface area contributed by atoms with E-state index < -0.39 is 5.97 Å². The molecule has 0 aliphatic rings. The van der Waals surface area contributed by atoms with Gasteiger partial charge in [-0.1, -0.05) is 18.2 Å². The first-order chi connectivity index (χ1) is 10.3. The highest BCUT2D eigenvalue weighted by atomic mass is 16.4. The van der Waals surface area contributed by atoms with Crippen LogP contribution in [0.5, 0.6) is 0 Å². The summed E-state index contributed by atoms with van der Waals surface area (Å²) in [7, 11) is 6.16. The van der Waals surface area contributed by atoms with Crippen LogP contribution in [0.1, 0.15) is 18.5 Å². The maximum atomic E-state index is 10.4. The van der Waals surface area contributed by atoms with Crippen molar-refractivity contribution in [2.45, 2.75) is 19.3 Å². The second-order valence-electron chi connectivity index (χ2n) is 6.37. The lowest BCUT2D eigenvalue weighted by atomic mass is 10.2. The molecule has 0 bridgehead atoms. The van der Waals surface area contributed by atoms with E-state index in [1.807, 2.05) is 24.3 Å². The third-order valence-electron chi connectivity index (χ3n) is 3.19. The van der Waals surface area contributed by atoms with Crippen molar-refractivity contribution in [3.05, 3.63) is 36.0 Å². The van der Waals surface area contributed by atoms with Crippen LogP contribution in [-0.2, 0) is 11.2 Å². The highest BCUT2D eigenvalue weighted by Gasteiger charge is 2.02. The summed E-state index contributed by atoms with van der Waals surface area (Å²) in [5, 5.41) is 18.1. The molecule has 22 heavy (non-hydrogen) atoms. The Labute approximate surface area is 131 Å². The van der Waals surface area contributed by atoms with Gasteiger partial charge in [-0.2, -0.15) is 0 Å². The number of carboxylic acid groups (broad SMARTS) is 1. The number of aromatic nitrogens is 1. The van der Waals surface area contributed by atoms with Crippen molar-refractivity contribution in [2.75, 3.05) is 34.3 Å². The summed E-state index contributed by atoms with van der Waals surface area (Å²) in [5.74, 6) is -0.730. The lowest BCUT2D eigenvalue weighted by Gasteiger charge is -2.21. The number of aliphatic carboxylic acids is 1. The van der Waals surface area contributed by atoms with Gasteiger partial charge in [0.15, 0.2) is 0 Å². The van der Waals surface area contributed by atoms with Crippen LogP contribution in [0.25, 0.3) is 10.9 Å². The lowest BCUT2D eigenvalue weighted by molar-refractivity contribution is -0.870. The number of likely N-dealkylation sites (N-methyl/N-ethyl adjacent to an activating group) is 1. The highest BCUT2D eigenvalue weighted by Crippen LogP contribution is 2.15. The molecule has 1 aromatic carbocycles. The van der Waals surface area contributed by atoms with Gasteiger partial charge in [-0.3, -0.25) is 4.79 Å². The molecule has 0 atom stereocenters. The van der Waals surface area contributed by atoms with E-state index >= 15 is 0 Å². The quantitative estimate of drug-likeness (QED) is 0.717. The van der Waals surface area contributed by atoms with E-state index in [1.165, 1.54) is 5.39 Å². The molecule has 0 aliphatic heterocycles. The second-order valence-corrected chi connectivity index (χ2v) is 6.37. The van der Waals surface area contributed by atoms with Crippen LogP contribution >= 0.6 is 0 Å². The summed E-state index contributed by atoms with van der Waals surface area (Å²) in [6.07, 6.45) is 1.71. The summed E-state index contributed by atoms with van der Waals surface area (Å²) < 4.78 is 0.844. The topological polar surface area (TPSA) is 73.3 Å². The molecule has 5 nitrogen and oxygen atoms in total. The molecule has 2 aromatic rings. The predicted octanol–water partition coefficient (Wildman–Crippen LogP) is 2.26. The van der Waals surface area contributed by atoms with Crippen molar-refractivity contribution < 1.29 is 19.5 Å². The van der Waals surface area contributed by atoms with E-state index in [9.17, 15) is 4.79 Å². The number of aliphatic hydroxyl groups is 1. The Bertz CT molecular complexity index is 552. The van der Waals surface area contributed by atoms with Crippen molar-refractivity contribution in [3.8, 4) is 0 Å². The fourth-order valence-corrected chi connectivity index (χ4v) is 2.00. The maximum Gasteiger partial charge on any atom is 0.303 e. The number of nitrogens with one attached hydrogen (secondary N) is 1. The molecule has 0 aliphatic carbocycles. The lowest BCUT2D eigenvalue weighted by Crippen LogP contribution is -2.36. The Kier molecular flexibility index (Phi) is 7.08. The number of fused-ring (bicyclic) bond motifs is 1. The molecule has 0 saturated heterocycles. The van der Waals surface area contributed by atoms with Crippen molar-refractivity contribution in [1.29, 1.82) is 0 Å². The first-order valence-electron chi connectivity index (χ1n) is 7.51. The van der Waals surface area contributed by atoms with Gasteiger partial charge < -0.3 is 19.7 Å². The number of hydrogen-bond donors (Lipinski definition) is 3. The minimum absolute atomic E-state index is 0.232. The minimum atomic E-state index is -0.730. The maximum absolute atomic E-state index is 10.4. The summed E-state index contributed by atoms with van der Waals surface area (Å²) in [5.41, 5.74) is 2.22. The smallest absolute Gasteiger partial charge is 0.303 e. The van der Waals surface area contributed by atoms with Crippen molar-refractivity contribution in [1.82, 2.24) is 4.98 Å². The molecule has 1 heterocycles. The molecule has 0 fully saturated rings. The van der Waals surface area contributed by atoms with E-state index in [0.717, 1.165) is 28.7 Å². The van der Waals surface area contributed by atoms with E-state index in [1.54, 1.807) is 0 Å². The van der Waals surface area contributed by atoms with Crippen LogP contribution in [0.3, 0.4) is 0 Å². The fraction of sp³-hybridized carbons (Fsp3) is 0.471.